The highest BCUT2D eigenvalue weighted by Gasteiger charge is 2.30. The Labute approximate surface area is 162 Å². The van der Waals surface area contributed by atoms with E-state index < -0.39 is 11.8 Å². The number of aryl methyl sites for hydroxylation is 1. The molecule has 28 heavy (non-hydrogen) atoms. The van der Waals surface area contributed by atoms with E-state index in [1.807, 2.05) is 7.05 Å². The number of morpholine rings is 1. The zero-order valence-electron chi connectivity index (χ0n) is 16.2. The van der Waals surface area contributed by atoms with Gasteiger partial charge in [0.1, 0.15) is 12.1 Å². The van der Waals surface area contributed by atoms with Crippen LogP contribution in [0.5, 0.6) is 0 Å². The number of anilines is 1. The van der Waals surface area contributed by atoms with Crippen LogP contribution in [0, 0.1) is 5.92 Å². The molecular weight excluding hydrogens is 362 g/mol. The summed E-state index contributed by atoms with van der Waals surface area (Å²) in [5, 5.41) is 7.89. The van der Waals surface area contributed by atoms with Crippen molar-refractivity contribution in [3.63, 3.8) is 0 Å². The molecule has 2 amide bonds. The van der Waals surface area contributed by atoms with Crippen LogP contribution in [0.2, 0.25) is 0 Å². The highest BCUT2D eigenvalue weighted by Crippen LogP contribution is 2.25. The maximum Gasteiger partial charge on any atom is 0.311 e. The number of ether oxygens (including phenoxy) is 1. The number of nitrogens with one attached hydrogen (secondary N) is 1. The smallest absolute Gasteiger partial charge is 0.311 e. The van der Waals surface area contributed by atoms with Gasteiger partial charge in [-0.2, -0.15) is 5.10 Å². The minimum absolute atomic E-state index is 0.124. The number of likely N-dealkylation sites (tertiary alicyclic amines) is 1. The SMILES string of the molecule is CC1CCN(C(=O)C(=O)NCC2COCCN2c2ncnc3c2cnn3C)C1. The number of rotatable bonds is 3. The monoisotopic (exact) mass is 387 g/mol. The van der Waals surface area contributed by atoms with E-state index in [0.29, 0.717) is 45.3 Å². The fraction of sp³-hybridized carbons (Fsp3) is 0.611. The van der Waals surface area contributed by atoms with Crippen molar-refractivity contribution in [2.45, 2.75) is 19.4 Å². The van der Waals surface area contributed by atoms with Gasteiger partial charge in [0.15, 0.2) is 5.65 Å². The van der Waals surface area contributed by atoms with Crippen LogP contribution in [0.1, 0.15) is 13.3 Å². The van der Waals surface area contributed by atoms with Gasteiger partial charge < -0.3 is 19.9 Å². The lowest BCUT2D eigenvalue weighted by Gasteiger charge is -2.36. The third kappa shape index (κ3) is 3.51. The molecule has 0 saturated carbocycles. The standard InChI is InChI=1S/C18H25N7O3/c1-12-3-4-24(9-12)18(27)17(26)19-7-13-10-28-6-5-25(13)16-14-8-22-23(2)15(14)20-11-21-16/h8,11-13H,3-7,9-10H2,1-2H3,(H,19,26). The Morgan fingerprint density at radius 1 is 1.32 bits per heavy atom. The Balaban J connectivity index is 1.45. The van der Waals surface area contributed by atoms with E-state index in [-0.39, 0.29) is 6.04 Å². The Morgan fingerprint density at radius 3 is 2.96 bits per heavy atom. The highest BCUT2D eigenvalue weighted by molar-refractivity contribution is 6.35. The number of fused-ring (bicyclic) bond motifs is 1. The van der Waals surface area contributed by atoms with Crippen LogP contribution in [0.4, 0.5) is 5.82 Å². The topological polar surface area (TPSA) is 105 Å². The van der Waals surface area contributed by atoms with Crippen molar-refractivity contribution in [2.75, 3.05) is 44.3 Å². The van der Waals surface area contributed by atoms with E-state index in [4.69, 9.17) is 4.74 Å². The predicted octanol–water partition coefficient (Wildman–Crippen LogP) is -0.447. The Kier molecular flexibility index (Phi) is 5.12. The molecule has 0 spiro atoms. The third-order valence-electron chi connectivity index (χ3n) is 5.41. The molecule has 2 saturated heterocycles. The first kappa shape index (κ1) is 18.6. The van der Waals surface area contributed by atoms with Crippen LogP contribution in [-0.2, 0) is 21.4 Å². The van der Waals surface area contributed by atoms with Crippen LogP contribution in [-0.4, -0.2) is 81.9 Å². The number of carbonyl (C=O) groups is 2. The van der Waals surface area contributed by atoms with Gasteiger partial charge in [-0.25, -0.2) is 9.97 Å². The summed E-state index contributed by atoms with van der Waals surface area (Å²) in [6.45, 7) is 5.33. The molecule has 2 aliphatic rings. The number of carbonyl (C=O) groups excluding carboxylic acids is 2. The van der Waals surface area contributed by atoms with Crippen LogP contribution in [0.15, 0.2) is 12.5 Å². The maximum absolute atomic E-state index is 12.3. The molecule has 1 N–H and O–H groups in total. The molecule has 2 aromatic heterocycles. The van der Waals surface area contributed by atoms with Crippen molar-refractivity contribution in [3.05, 3.63) is 12.5 Å². The first-order chi connectivity index (χ1) is 13.5. The molecule has 4 heterocycles. The number of nitrogens with zero attached hydrogens (tertiary/aromatic N) is 6. The van der Waals surface area contributed by atoms with Crippen LogP contribution in [0.25, 0.3) is 11.0 Å². The summed E-state index contributed by atoms with van der Waals surface area (Å²) in [6, 6.07) is -0.124. The average Bonchev–Trinajstić information content (AvgIpc) is 3.32. The van der Waals surface area contributed by atoms with Gasteiger partial charge in [0.05, 0.1) is 30.8 Å². The number of amides is 2. The molecule has 2 fully saturated rings. The average molecular weight is 387 g/mol. The minimum Gasteiger partial charge on any atom is -0.377 e. The summed E-state index contributed by atoms with van der Waals surface area (Å²) in [5.41, 5.74) is 0.748. The van der Waals surface area contributed by atoms with Gasteiger partial charge in [0.25, 0.3) is 0 Å². The lowest BCUT2D eigenvalue weighted by atomic mass is 10.2. The second-order valence-electron chi connectivity index (χ2n) is 7.48. The summed E-state index contributed by atoms with van der Waals surface area (Å²) in [4.78, 5) is 37.1. The Bertz CT molecular complexity index is 883. The van der Waals surface area contributed by atoms with Gasteiger partial charge in [-0.1, -0.05) is 6.92 Å². The molecule has 150 valence electrons. The molecular formula is C18H25N7O3. The predicted molar refractivity (Wildman–Crippen MR) is 102 cm³/mol. The van der Waals surface area contributed by atoms with Gasteiger partial charge in [0.2, 0.25) is 0 Å². The van der Waals surface area contributed by atoms with E-state index in [2.05, 4.69) is 32.2 Å². The van der Waals surface area contributed by atoms with E-state index in [9.17, 15) is 9.59 Å². The molecule has 4 rings (SSSR count). The molecule has 10 heteroatoms. The van der Waals surface area contributed by atoms with E-state index in [0.717, 1.165) is 23.3 Å². The Morgan fingerprint density at radius 2 is 2.18 bits per heavy atom. The number of hydrogen-bond donors (Lipinski definition) is 1. The molecule has 10 nitrogen and oxygen atoms in total. The molecule has 0 bridgehead atoms. The van der Waals surface area contributed by atoms with E-state index in [1.165, 1.54) is 6.33 Å². The second-order valence-corrected chi connectivity index (χ2v) is 7.48. The minimum atomic E-state index is -0.561. The molecule has 2 unspecified atom stereocenters. The summed E-state index contributed by atoms with van der Waals surface area (Å²) >= 11 is 0. The molecule has 2 aromatic rings. The van der Waals surface area contributed by atoms with Gasteiger partial charge in [-0.15, -0.1) is 0 Å². The second kappa shape index (κ2) is 7.70. The summed E-state index contributed by atoms with van der Waals surface area (Å²) in [5.74, 6) is 0.192. The van der Waals surface area contributed by atoms with Crippen molar-refractivity contribution < 1.29 is 14.3 Å². The number of aromatic nitrogens is 4. The van der Waals surface area contributed by atoms with Crippen LogP contribution in [0.3, 0.4) is 0 Å². The quantitative estimate of drug-likeness (QED) is 0.712. The lowest BCUT2D eigenvalue weighted by Crippen LogP contribution is -2.53. The molecule has 0 aliphatic carbocycles. The van der Waals surface area contributed by atoms with Crippen molar-refractivity contribution in [1.82, 2.24) is 30.0 Å². The molecule has 2 aliphatic heterocycles. The van der Waals surface area contributed by atoms with Crippen LogP contribution >= 0.6 is 0 Å². The number of hydrogen-bond acceptors (Lipinski definition) is 7. The van der Waals surface area contributed by atoms with Crippen molar-refractivity contribution >= 4 is 28.7 Å². The molecule has 2 atom stereocenters. The maximum atomic E-state index is 12.3. The molecule has 0 radical (unpaired) electrons. The van der Waals surface area contributed by atoms with Gasteiger partial charge in [-0.05, 0) is 12.3 Å². The first-order valence-corrected chi connectivity index (χ1v) is 9.58. The fourth-order valence-electron chi connectivity index (χ4n) is 3.83. The van der Waals surface area contributed by atoms with Crippen molar-refractivity contribution in [1.29, 1.82) is 0 Å². The fourth-order valence-corrected chi connectivity index (χ4v) is 3.83. The first-order valence-electron chi connectivity index (χ1n) is 9.58. The lowest BCUT2D eigenvalue weighted by molar-refractivity contribution is -0.145. The van der Waals surface area contributed by atoms with Gasteiger partial charge in [0, 0.05) is 33.2 Å². The zero-order valence-corrected chi connectivity index (χ0v) is 16.2. The summed E-state index contributed by atoms with van der Waals surface area (Å²) < 4.78 is 7.31. The zero-order chi connectivity index (χ0) is 19.7. The normalized spacial score (nSPS) is 22.6. The highest BCUT2D eigenvalue weighted by atomic mass is 16.5. The molecule has 0 aromatic carbocycles. The summed E-state index contributed by atoms with van der Waals surface area (Å²) in [7, 11) is 1.83. The summed E-state index contributed by atoms with van der Waals surface area (Å²) in [6.07, 6.45) is 4.20. The van der Waals surface area contributed by atoms with Gasteiger partial charge in [-0.3, -0.25) is 14.3 Å². The van der Waals surface area contributed by atoms with Crippen LogP contribution < -0.4 is 10.2 Å². The van der Waals surface area contributed by atoms with Crippen molar-refractivity contribution in [2.24, 2.45) is 13.0 Å². The van der Waals surface area contributed by atoms with E-state index in [1.54, 1.807) is 15.8 Å². The van der Waals surface area contributed by atoms with Gasteiger partial charge >= 0.3 is 11.8 Å². The Hall–Kier alpha value is -2.75. The third-order valence-corrected chi connectivity index (χ3v) is 5.41. The largest absolute Gasteiger partial charge is 0.377 e. The van der Waals surface area contributed by atoms with Crippen molar-refractivity contribution in [3.8, 4) is 0 Å². The van der Waals surface area contributed by atoms with E-state index >= 15 is 0 Å².